The first kappa shape index (κ1) is 11.1. The molecule has 0 bridgehead atoms. The van der Waals surface area contributed by atoms with Gasteiger partial charge in [0.2, 0.25) is 5.91 Å². The molecular weight excluding hydrogens is 207 g/mol. The van der Waals surface area contributed by atoms with Crippen LogP contribution in [0.25, 0.3) is 0 Å². The number of hydrogen-bond donors (Lipinski definition) is 2. The molecule has 3 nitrogen and oxygen atoms in total. The van der Waals surface area contributed by atoms with Crippen LogP contribution < -0.4 is 10.6 Å². The molecule has 1 aliphatic heterocycles. The van der Waals surface area contributed by atoms with Crippen LogP contribution in [0.4, 0.5) is 10.1 Å². The van der Waals surface area contributed by atoms with Crippen LogP contribution in [0, 0.1) is 5.82 Å². The molecule has 1 unspecified atom stereocenters. The summed E-state index contributed by atoms with van der Waals surface area (Å²) in [7, 11) is 0. The van der Waals surface area contributed by atoms with E-state index in [0.717, 1.165) is 19.4 Å². The van der Waals surface area contributed by atoms with Gasteiger partial charge in [0.1, 0.15) is 5.82 Å². The summed E-state index contributed by atoms with van der Waals surface area (Å²) in [6.45, 7) is 2.76. The van der Waals surface area contributed by atoms with Crippen LogP contribution in [0.5, 0.6) is 0 Å². The molecule has 16 heavy (non-hydrogen) atoms. The van der Waals surface area contributed by atoms with E-state index in [-0.39, 0.29) is 11.7 Å². The van der Waals surface area contributed by atoms with Crippen LogP contribution in [-0.4, -0.2) is 18.0 Å². The summed E-state index contributed by atoms with van der Waals surface area (Å²) in [5, 5.41) is 5.96. The Balaban J connectivity index is 2.04. The molecule has 1 saturated heterocycles. The van der Waals surface area contributed by atoms with Crippen molar-refractivity contribution in [2.45, 2.75) is 25.3 Å². The molecule has 1 aromatic rings. The first-order valence-electron chi connectivity index (χ1n) is 5.42. The molecule has 4 heteroatoms. The lowest BCUT2D eigenvalue weighted by Gasteiger charge is -2.22. The summed E-state index contributed by atoms with van der Waals surface area (Å²) in [4.78, 5) is 12.0. The summed E-state index contributed by atoms with van der Waals surface area (Å²) in [5.41, 5.74) is 0.135. The molecule has 2 rings (SSSR count). The number of rotatable bonds is 2. The third kappa shape index (κ3) is 2.22. The Morgan fingerprint density at radius 1 is 1.44 bits per heavy atom. The third-order valence-electron chi connectivity index (χ3n) is 2.97. The van der Waals surface area contributed by atoms with Crippen LogP contribution in [0.3, 0.4) is 0 Å². The second-order valence-corrected chi connectivity index (χ2v) is 4.32. The van der Waals surface area contributed by atoms with Crippen molar-refractivity contribution in [3.05, 3.63) is 30.1 Å². The lowest BCUT2D eigenvalue weighted by molar-refractivity contribution is -0.121. The monoisotopic (exact) mass is 222 g/mol. The first-order valence-corrected chi connectivity index (χ1v) is 5.42. The second-order valence-electron chi connectivity index (χ2n) is 4.32. The summed E-state index contributed by atoms with van der Waals surface area (Å²) < 4.78 is 12.7. The van der Waals surface area contributed by atoms with E-state index in [2.05, 4.69) is 10.6 Å². The van der Waals surface area contributed by atoms with Crippen molar-refractivity contribution < 1.29 is 9.18 Å². The van der Waals surface area contributed by atoms with Crippen molar-refractivity contribution in [3.63, 3.8) is 0 Å². The van der Waals surface area contributed by atoms with Gasteiger partial charge in [-0.2, -0.15) is 0 Å². The zero-order valence-corrected chi connectivity index (χ0v) is 9.22. The van der Waals surface area contributed by atoms with Gasteiger partial charge in [0.05, 0.1) is 5.54 Å². The van der Waals surface area contributed by atoms with E-state index in [4.69, 9.17) is 0 Å². The zero-order valence-electron chi connectivity index (χ0n) is 9.22. The molecule has 1 atom stereocenters. The van der Waals surface area contributed by atoms with Gasteiger partial charge < -0.3 is 10.6 Å². The quantitative estimate of drug-likeness (QED) is 0.802. The van der Waals surface area contributed by atoms with Gasteiger partial charge in [0, 0.05) is 5.69 Å². The van der Waals surface area contributed by atoms with Crippen molar-refractivity contribution >= 4 is 11.6 Å². The molecule has 2 N–H and O–H groups in total. The molecule has 0 radical (unpaired) electrons. The van der Waals surface area contributed by atoms with E-state index in [1.165, 1.54) is 12.1 Å². The van der Waals surface area contributed by atoms with Gasteiger partial charge in [-0.05, 0) is 50.6 Å². The molecule has 1 aromatic carbocycles. The standard InChI is InChI=1S/C12H15FN2O/c1-12(7-2-8-14-12)11(16)15-10-5-3-9(13)4-6-10/h3-6,14H,2,7-8H2,1H3,(H,15,16). The summed E-state index contributed by atoms with van der Waals surface area (Å²) in [6, 6.07) is 5.79. The number of carbonyl (C=O) groups is 1. The topological polar surface area (TPSA) is 41.1 Å². The molecule has 1 heterocycles. The largest absolute Gasteiger partial charge is 0.324 e. The minimum atomic E-state index is -0.492. The summed E-state index contributed by atoms with van der Waals surface area (Å²) in [5.74, 6) is -0.361. The number of hydrogen-bond acceptors (Lipinski definition) is 2. The predicted molar refractivity (Wildman–Crippen MR) is 60.7 cm³/mol. The molecule has 1 aliphatic rings. The van der Waals surface area contributed by atoms with Crippen molar-refractivity contribution in [2.24, 2.45) is 0 Å². The number of carbonyl (C=O) groups excluding carboxylic acids is 1. The average Bonchev–Trinajstić information content (AvgIpc) is 2.70. The minimum Gasteiger partial charge on any atom is -0.324 e. The lowest BCUT2D eigenvalue weighted by atomic mass is 9.99. The maximum absolute atomic E-state index is 12.7. The third-order valence-corrected chi connectivity index (χ3v) is 2.97. The van der Waals surface area contributed by atoms with E-state index in [1.807, 2.05) is 6.92 Å². The van der Waals surface area contributed by atoms with Crippen LogP contribution in [0.15, 0.2) is 24.3 Å². The Morgan fingerprint density at radius 2 is 2.12 bits per heavy atom. The Morgan fingerprint density at radius 3 is 2.69 bits per heavy atom. The van der Waals surface area contributed by atoms with Gasteiger partial charge in [0.15, 0.2) is 0 Å². The smallest absolute Gasteiger partial charge is 0.244 e. The Labute approximate surface area is 94.0 Å². The average molecular weight is 222 g/mol. The molecule has 1 fully saturated rings. The fourth-order valence-electron chi connectivity index (χ4n) is 1.89. The van der Waals surface area contributed by atoms with Crippen LogP contribution in [0.2, 0.25) is 0 Å². The van der Waals surface area contributed by atoms with Gasteiger partial charge in [0.25, 0.3) is 0 Å². The molecule has 0 spiro atoms. The number of nitrogens with one attached hydrogen (secondary N) is 2. The van der Waals surface area contributed by atoms with Gasteiger partial charge in [-0.25, -0.2) is 4.39 Å². The second kappa shape index (κ2) is 4.22. The molecule has 0 saturated carbocycles. The maximum atomic E-state index is 12.7. The highest BCUT2D eigenvalue weighted by Crippen LogP contribution is 2.20. The number of amides is 1. The highest BCUT2D eigenvalue weighted by molar-refractivity contribution is 5.98. The van der Waals surface area contributed by atoms with E-state index >= 15 is 0 Å². The van der Waals surface area contributed by atoms with E-state index in [1.54, 1.807) is 12.1 Å². The van der Waals surface area contributed by atoms with Crippen molar-refractivity contribution in [2.75, 3.05) is 11.9 Å². The van der Waals surface area contributed by atoms with Gasteiger partial charge in [-0.3, -0.25) is 4.79 Å². The number of halogens is 1. The SMILES string of the molecule is CC1(C(=O)Nc2ccc(F)cc2)CCCN1. The molecule has 0 aliphatic carbocycles. The first-order chi connectivity index (χ1) is 7.60. The maximum Gasteiger partial charge on any atom is 0.244 e. The molecular formula is C12H15FN2O. The highest BCUT2D eigenvalue weighted by atomic mass is 19.1. The van der Waals surface area contributed by atoms with Crippen molar-refractivity contribution in [1.82, 2.24) is 5.32 Å². The van der Waals surface area contributed by atoms with Crippen LogP contribution in [0.1, 0.15) is 19.8 Å². The molecule has 0 aromatic heterocycles. The van der Waals surface area contributed by atoms with E-state index in [9.17, 15) is 9.18 Å². The van der Waals surface area contributed by atoms with Crippen molar-refractivity contribution in [1.29, 1.82) is 0 Å². The normalized spacial score (nSPS) is 24.4. The Bertz CT molecular complexity index is 383. The Hall–Kier alpha value is -1.42. The summed E-state index contributed by atoms with van der Waals surface area (Å²) >= 11 is 0. The van der Waals surface area contributed by atoms with Crippen LogP contribution in [-0.2, 0) is 4.79 Å². The van der Waals surface area contributed by atoms with Gasteiger partial charge >= 0.3 is 0 Å². The number of anilines is 1. The fourth-order valence-corrected chi connectivity index (χ4v) is 1.89. The lowest BCUT2D eigenvalue weighted by Crippen LogP contribution is -2.47. The zero-order chi connectivity index (χ0) is 11.6. The van der Waals surface area contributed by atoms with Crippen LogP contribution >= 0.6 is 0 Å². The Kier molecular flexibility index (Phi) is 2.92. The number of benzene rings is 1. The van der Waals surface area contributed by atoms with E-state index in [0.29, 0.717) is 5.69 Å². The van der Waals surface area contributed by atoms with E-state index < -0.39 is 5.54 Å². The molecule has 1 amide bonds. The predicted octanol–water partition coefficient (Wildman–Crippen LogP) is 1.91. The summed E-state index contributed by atoms with van der Waals surface area (Å²) in [6.07, 6.45) is 1.84. The van der Waals surface area contributed by atoms with Gasteiger partial charge in [-0.15, -0.1) is 0 Å². The molecule has 86 valence electrons. The highest BCUT2D eigenvalue weighted by Gasteiger charge is 2.35. The van der Waals surface area contributed by atoms with Gasteiger partial charge in [-0.1, -0.05) is 0 Å². The van der Waals surface area contributed by atoms with Crippen molar-refractivity contribution in [3.8, 4) is 0 Å². The minimum absolute atomic E-state index is 0.0587. The fraction of sp³-hybridized carbons (Fsp3) is 0.417.